The molecule has 3 aromatic rings. The maximum Gasteiger partial charge on any atom is 0.327 e. The van der Waals surface area contributed by atoms with Crippen molar-refractivity contribution in [1.82, 2.24) is 30.1 Å². The molecule has 2 atom stereocenters. The predicted molar refractivity (Wildman–Crippen MR) is 124 cm³/mol. The van der Waals surface area contributed by atoms with Crippen LogP contribution in [0, 0.1) is 11.6 Å². The Morgan fingerprint density at radius 1 is 1.06 bits per heavy atom. The summed E-state index contributed by atoms with van der Waals surface area (Å²) >= 11 is 0. The summed E-state index contributed by atoms with van der Waals surface area (Å²) in [6.45, 7) is 2.21. The third-order valence-electron chi connectivity index (χ3n) is 7.00. The first-order valence-electron chi connectivity index (χ1n) is 11.8. The lowest BCUT2D eigenvalue weighted by Gasteiger charge is -2.33. The van der Waals surface area contributed by atoms with Crippen LogP contribution in [0.4, 0.5) is 13.6 Å². The standard InChI is InChI=1S/C24H28F2N6O2/c25-19-4-1-3-18(21(19)26)15-6-7-16(14-27-13-15)29-23(33)31-11-8-17(9-12-31)32-20-5-2-10-28-22(20)30-24(32)34/h1-5,10,15-17,27H,6-9,11-14H2,(H,29,33)(H,28,30,34)/t15-,16-/m1/s1. The van der Waals surface area contributed by atoms with Gasteiger partial charge in [0.15, 0.2) is 17.3 Å². The van der Waals surface area contributed by atoms with Gasteiger partial charge in [-0.1, -0.05) is 12.1 Å². The van der Waals surface area contributed by atoms with Gasteiger partial charge >= 0.3 is 11.7 Å². The van der Waals surface area contributed by atoms with E-state index in [1.54, 1.807) is 21.7 Å². The molecule has 0 spiro atoms. The molecule has 2 fully saturated rings. The zero-order chi connectivity index (χ0) is 23.7. The first kappa shape index (κ1) is 22.5. The largest absolute Gasteiger partial charge is 0.334 e. The number of nitrogens with zero attached hydrogens (tertiary/aromatic N) is 3. The Balaban J connectivity index is 1.16. The third-order valence-corrected chi connectivity index (χ3v) is 7.00. The molecule has 2 aromatic heterocycles. The summed E-state index contributed by atoms with van der Waals surface area (Å²) in [5, 5.41) is 6.37. The number of nitrogens with one attached hydrogen (secondary N) is 3. The number of urea groups is 1. The highest BCUT2D eigenvalue weighted by atomic mass is 19.2. The summed E-state index contributed by atoms with van der Waals surface area (Å²) < 4.78 is 29.6. The van der Waals surface area contributed by atoms with Crippen molar-refractivity contribution in [2.24, 2.45) is 0 Å². The van der Waals surface area contributed by atoms with E-state index in [2.05, 4.69) is 20.6 Å². The quantitative estimate of drug-likeness (QED) is 0.549. The number of aromatic amines is 1. The highest BCUT2D eigenvalue weighted by Gasteiger charge is 2.29. The van der Waals surface area contributed by atoms with E-state index in [1.807, 2.05) is 12.1 Å². The van der Waals surface area contributed by atoms with Gasteiger partial charge in [0, 0.05) is 44.5 Å². The van der Waals surface area contributed by atoms with E-state index < -0.39 is 11.6 Å². The van der Waals surface area contributed by atoms with E-state index in [1.165, 1.54) is 6.07 Å². The van der Waals surface area contributed by atoms with Crippen molar-refractivity contribution in [3.63, 3.8) is 0 Å². The van der Waals surface area contributed by atoms with Gasteiger partial charge in [-0.25, -0.2) is 23.4 Å². The number of hydrogen-bond acceptors (Lipinski definition) is 4. The van der Waals surface area contributed by atoms with Crippen LogP contribution in [0.2, 0.25) is 0 Å². The lowest BCUT2D eigenvalue weighted by Crippen LogP contribution is -2.50. The van der Waals surface area contributed by atoms with Crippen molar-refractivity contribution in [3.05, 3.63) is 64.2 Å². The van der Waals surface area contributed by atoms with E-state index in [4.69, 9.17) is 0 Å². The van der Waals surface area contributed by atoms with Crippen molar-refractivity contribution in [2.75, 3.05) is 26.2 Å². The first-order valence-corrected chi connectivity index (χ1v) is 11.8. The van der Waals surface area contributed by atoms with E-state index in [9.17, 15) is 18.4 Å². The predicted octanol–water partition coefficient (Wildman–Crippen LogP) is 2.89. The van der Waals surface area contributed by atoms with Gasteiger partial charge < -0.3 is 15.5 Å². The number of rotatable bonds is 3. The molecule has 3 N–H and O–H groups in total. The number of halogens is 2. The Morgan fingerprint density at radius 2 is 1.88 bits per heavy atom. The molecule has 2 amide bonds. The minimum Gasteiger partial charge on any atom is -0.334 e. The molecule has 2 aliphatic rings. The second-order valence-corrected chi connectivity index (χ2v) is 9.11. The molecule has 180 valence electrons. The second kappa shape index (κ2) is 9.54. The average Bonchev–Trinajstić information content (AvgIpc) is 3.01. The molecule has 5 rings (SSSR count). The Kier molecular flexibility index (Phi) is 6.32. The number of hydrogen-bond donors (Lipinski definition) is 3. The number of fused-ring (bicyclic) bond motifs is 1. The van der Waals surface area contributed by atoms with Crippen LogP contribution in [-0.2, 0) is 0 Å². The van der Waals surface area contributed by atoms with Gasteiger partial charge in [0.25, 0.3) is 0 Å². The number of carbonyl (C=O) groups excluding carboxylic acids is 1. The highest BCUT2D eigenvalue weighted by molar-refractivity contribution is 5.74. The Bertz CT molecular complexity index is 1230. The topological polar surface area (TPSA) is 95.0 Å². The highest BCUT2D eigenvalue weighted by Crippen LogP contribution is 2.28. The van der Waals surface area contributed by atoms with Crippen molar-refractivity contribution in [2.45, 2.75) is 43.7 Å². The van der Waals surface area contributed by atoms with E-state index in [0.717, 1.165) is 11.6 Å². The summed E-state index contributed by atoms with van der Waals surface area (Å²) in [5.41, 5.74) is 1.56. The Hall–Kier alpha value is -3.27. The second-order valence-electron chi connectivity index (χ2n) is 9.11. The first-order chi connectivity index (χ1) is 16.5. The number of H-pyrrole nitrogens is 1. The minimum atomic E-state index is -0.832. The van der Waals surface area contributed by atoms with Gasteiger partial charge in [-0.2, -0.15) is 0 Å². The smallest absolute Gasteiger partial charge is 0.327 e. The summed E-state index contributed by atoms with van der Waals surface area (Å²) in [7, 11) is 0. The van der Waals surface area contributed by atoms with Crippen LogP contribution < -0.4 is 16.3 Å². The van der Waals surface area contributed by atoms with Gasteiger partial charge in [0.05, 0.1) is 5.52 Å². The van der Waals surface area contributed by atoms with E-state index in [-0.39, 0.29) is 29.7 Å². The Morgan fingerprint density at radius 3 is 2.71 bits per heavy atom. The molecule has 2 aliphatic heterocycles. The number of benzene rings is 1. The summed E-state index contributed by atoms with van der Waals surface area (Å²) in [6, 6.07) is 7.76. The molecule has 1 aromatic carbocycles. The molecule has 0 radical (unpaired) electrons. The van der Waals surface area contributed by atoms with Crippen LogP contribution in [0.5, 0.6) is 0 Å². The van der Waals surface area contributed by atoms with Crippen molar-refractivity contribution in [1.29, 1.82) is 0 Å². The zero-order valence-corrected chi connectivity index (χ0v) is 18.8. The summed E-state index contributed by atoms with van der Waals surface area (Å²) in [5.74, 6) is -1.76. The maximum atomic E-state index is 14.2. The number of carbonyl (C=O) groups is 1. The van der Waals surface area contributed by atoms with Crippen LogP contribution in [0.3, 0.4) is 0 Å². The molecule has 0 bridgehead atoms. The fraction of sp³-hybridized carbons (Fsp3) is 0.458. The molecule has 2 saturated heterocycles. The molecular formula is C24H28F2N6O2. The fourth-order valence-electron chi connectivity index (χ4n) is 5.18. The maximum absolute atomic E-state index is 14.2. The number of piperidine rings is 1. The van der Waals surface area contributed by atoms with Gasteiger partial charge in [0.2, 0.25) is 0 Å². The van der Waals surface area contributed by atoms with E-state index >= 15 is 0 Å². The van der Waals surface area contributed by atoms with Gasteiger partial charge in [-0.05, 0) is 55.4 Å². The van der Waals surface area contributed by atoms with Crippen LogP contribution in [0.15, 0.2) is 41.3 Å². The Labute approximate surface area is 195 Å². The molecule has 4 heterocycles. The normalized spacial score (nSPS) is 22.0. The molecule has 10 heteroatoms. The molecular weight excluding hydrogens is 442 g/mol. The number of amides is 2. The number of likely N-dealkylation sites (tertiary alicyclic amines) is 1. The van der Waals surface area contributed by atoms with Gasteiger partial charge in [-0.15, -0.1) is 0 Å². The molecule has 0 saturated carbocycles. The SMILES string of the molecule is O=C(N[C@@H]1CC[C@@H](c2cccc(F)c2F)CNC1)N1CCC(n2c(=O)[nH]c3ncccc32)CC1. The molecule has 0 aliphatic carbocycles. The van der Waals surface area contributed by atoms with E-state index in [0.29, 0.717) is 63.1 Å². The van der Waals surface area contributed by atoms with Crippen LogP contribution in [0.25, 0.3) is 11.2 Å². The molecule has 0 unspecified atom stereocenters. The molecule has 34 heavy (non-hydrogen) atoms. The number of imidazole rings is 1. The minimum absolute atomic E-state index is 0.0102. The molecule has 8 nitrogen and oxygen atoms in total. The fourth-order valence-corrected chi connectivity index (χ4v) is 5.18. The third kappa shape index (κ3) is 4.42. The summed E-state index contributed by atoms with van der Waals surface area (Å²) in [6.07, 6.45) is 4.33. The number of aromatic nitrogens is 3. The lowest BCUT2D eigenvalue weighted by molar-refractivity contribution is 0.168. The average molecular weight is 471 g/mol. The lowest BCUT2D eigenvalue weighted by atomic mass is 9.93. The van der Waals surface area contributed by atoms with Crippen LogP contribution in [0.1, 0.15) is 43.2 Å². The van der Waals surface area contributed by atoms with Crippen molar-refractivity contribution >= 4 is 17.2 Å². The van der Waals surface area contributed by atoms with Gasteiger partial charge in [-0.3, -0.25) is 9.55 Å². The zero-order valence-electron chi connectivity index (χ0n) is 18.8. The van der Waals surface area contributed by atoms with Crippen molar-refractivity contribution < 1.29 is 13.6 Å². The van der Waals surface area contributed by atoms with Crippen LogP contribution >= 0.6 is 0 Å². The van der Waals surface area contributed by atoms with Crippen molar-refractivity contribution in [3.8, 4) is 0 Å². The monoisotopic (exact) mass is 470 g/mol. The summed E-state index contributed by atoms with van der Waals surface area (Å²) in [4.78, 5) is 34.1. The van der Waals surface area contributed by atoms with Gasteiger partial charge in [0.1, 0.15) is 0 Å². The van der Waals surface area contributed by atoms with Crippen LogP contribution in [-0.4, -0.2) is 57.7 Å². The number of pyridine rings is 1.